The first-order chi connectivity index (χ1) is 14.3. The van der Waals surface area contributed by atoms with Crippen molar-refractivity contribution in [3.8, 4) is 0 Å². The van der Waals surface area contributed by atoms with Gasteiger partial charge in [-0.15, -0.1) is 10.2 Å². The van der Waals surface area contributed by atoms with E-state index < -0.39 is 0 Å². The molecule has 0 aliphatic rings. The van der Waals surface area contributed by atoms with Crippen molar-refractivity contribution in [2.24, 2.45) is 0 Å². The number of nitrogens with one attached hydrogen (secondary N) is 2. The van der Waals surface area contributed by atoms with Crippen molar-refractivity contribution < 1.29 is 4.79 Å². The Labute approximate surface area is 170 Å². The number of carbonyl (C=O) groups is 1. The molecule has 1 amide bonds. The fraction of sp³-hybridized carbons (Fsp3) is 0.0909. The van der Waals surface area contributed by atoms with E-state index in [-0.39, 0.29) is 5.91 Å². The summed E-state index contributed by atoms with van der Waals surface area (Å²) in [6.45, 7) is 0. The summed E-state index contributed by atoms with van der Waals surface area (Å²) in [6, 6.07) is 21.9. The molecule has 29 heavy (non-hydrogen) atoms. The molecule has 2 N–H and O–H groups in total. The maximum Gasteiger partial charge on any atom is 0.225 e. The number of para-hydroxylation sites is 1. The van der Waals surface area contributed by atoms with Crippen molar-refractivity contribution in [3.05, 3.63) is 66.7 Å². The number of anilines is 1. The highest BCUT2D eigenvalue weighted by molar-refractivity contribution is 7.99. The first kappa shape index (κ1) is 17.6. The molecule has 7 heteroatoms. The van der Waals surface area contributed by atoms with Gasteiger partial charge in [-0.25, -0.2) is 4.98 Å². The van der Waals surface area contributed by atoms with Crippen LogP contribution in [0.3, 0.4) is 0 Å². The number of hydrogen-bond donors (Lipinski definition) is 2. The first-order valence-electron chi connectivity index (χ1n) is 9.29. The molecule has 0 fully saturated rings. The molecular weight excluding hydrogens is 382 g/mol. The van der Waals surface area contributed by atoms with Gasteiger partial charge in [0.2, 0.25) is 11.1 Å². The van der Waals surface area contributed by atoms with Gasteiger partial charge in [-0.3, -0.25) is 4.79 Å². The van der Waals surface area contributed by atoms with Crippen LogP contribution in [0.2, 0.25) is 0 Å². The molecule has 2 heterocycles. The van der Waals surface area contributed by atoms with Crippen LogP contribution in [0.1, 0.15) is 6.42 Å². The largest absolute Gasteiger partial charge is 0.338 e. The summed E-state index contributed by atoms with van der Waals surface area (Å²) >= 11 is 1.42. The maximum atomic E-state index is 12.3. The molecule has 0 aliphatic carbocycles. The van der Waals surface area contributed by atoms with Crippen LogP contribution < -0.4 is 5.32 Å². The van der Waals surface area contributed by atoms with Gasteiger partial charge in [0.25, 0.3) is 0 Å². The van der Waals surface area contributed by atoms with Crippen LogP contribution in [0, 0.1) is 0 Å². The summed E-state index contributed by atoms with van der Waals surface area (Å²) in [5.74, 6) is 0.541. The number of rotatable bonds is 5. The zero-order chi connectivity index (χ0) is 19.6. The Kier molecular flexibility index (Phi) is 4.57. The monoisotopic (exact) mass is 399 g/mol. The van der Waals surface area contributed by atoms with Crippen LogP contribution in [-0.4, -0.2) is 31.8 Å². The minimum Gasteiger partial charge on any atom is -0.338 e. The smallest absolute Gasteiger partial charge is 0.225 e. The number of nitrogens with zero attached hydrogens (tertiary/aromatic N) is 3. The highest BCUT2D eigenvalue weighted by Crippen LogP contribution is 2.24. The highest BCUT2D eigenvalue weighted by atomic mass is 32.2. The van der Waals surface area contributed by atoms with Crippen LogP contribution in [-0.2, 0) is 4.79 Å². The van der Waals surface area contributed by atoms with E-state index in [9.17, 15) is 4.79 Å². The molecule has 0 aliphatic heterocycles. The van der Waals surface area contributed by atoms with Crippen molar-refractivity contribution in [3.63, 3.8) is 0 Å². The zero-order valence-corrected chi connectivity index (χ0v) is 16.2. The third-order valence-corrected chi connectivity index (χ3v) is 5.54. The molecule has 0 atom stereocenters. The van der Waals surface area contributed by atoms with Crippen molar-refractivity contribution in [2.45, 2.75) is 11.6 Å². The lowest BCUT2D eigenvalue weighted by atomic mass is 10.1. The van der Waals surface area contributed by atoms with Crippen LogP contribution in [0.4, 0.5) is 5.69 Å². The third-order valence-electron chi connectivity index (χ3n) is 4.70. The Morgan fingerprint density at radius 1 is 0.966 bits per heavy atom. The van der Waals surface area contributed by atoms with Gasteiger partial charge in [-0.05, 0) is 29.0 Å². The fourth-order valence-corrected chi connectivity index (χ4v) is 4.02. The molecule has 5 aromatic rings. The Morgan fingerprint density at radius 3 is 2.72 bits per heavy atom. The molecule has 6 nitrogen and oxygen atoms in total. The molecule has 0 unspecified atom stereocenters. The van der Waals surface area contributed by atoms with Gasteiger partial charge in [-0.1, -0.05) is 60.3 Å². The fourth-order valence-electron chi connectivity index (χ4n) is 3.29. The lowest BCUT2D eigenvalue weighted by molar-refractivity contribution is -0.115. The van der Waals surface area contributed by atoms with E-state index in [0.717, 1.165) is 32.9 Å². The topological polar surface area (TPSA) is 83.6 Å². The summed E-state index contributed by atoms with van der Waals surface area (Å²) in [5.41, 5.74) is 3.26. The molecular formula is C22H17N5OS. The van der Waals surface area contributed by atoms with E-state index in [0.29, 0.717) is 23.0 Å². The van der Waals surface area contributed by atoms with Gasteiger partial charge in [0.1, 0.15) is 5.52 Å². The van der Waals surface area contributed by atoms with Crippen LogP contribution in [0.5, 0.6) is 0 Å². The normalized spacial score (nSPS) is 11.3. The van der Waals surface area contributed by atoms with Crippen LogP contribution in [0.15, 0.2) is 71.9 Å². The first-order valence-corrected chi connectivity index (χ1v) is 10.3. The lowest BCUT2D eigenvalue weighted by Crippen LogP contribution is -2.12. The predicted octanol–water partition coefficient (Wildman–Crippen LogP) is 4.78. The van der Waals surface area contributed by atoms with Gasteiger partial charge in [0.05, 0.1) is 0 Å². The van der Waals surface area contributed by atoms with Crippen LogP contribution in [0.25, 0.3) is 32.8 Å². The van der Waals surface area contributed by atoms with E-state index in [2.05, 4.69) is 31.5 Å². The second-order valence-corrected chi connectivity index (χ2v) is 7.73. The number of amides is 1. The minimum absolute atomic E-state index is 0.0348. The van der Waals surface area contributed by atoms with Crippen LogP contribution >= 0.6 is 11.8 Å². The quantitative estimate of drug-likeness (QED) is 0.416. The molecule has 0 saturated carbocycles. The SMILES string of the molecule is O=C(CCSc1nnc2c(n1)[nH]c1ccccc12)Nc1ccc2ccccc2c1. The second kappa shape index (κ2) is 7.52. The van der Waals surface area contributed by atoms with Gasteiger partial charge in [-0.2, -0.15) is 0 Å². The van der Waals surface area contributed by atoms with Gasteiger partial charge >= 0.3 is 0 Å². The Hall–Kier alpha value is -3.45. The summed E-state index contributed by atoms with van der Waals surface area (Å²) < 4.78 is 0. The zero-order valence-electron chi connectivity index (χ0n) is 15.4. The Balaban J connectivity index is 1.22. The minimum atomic E-state index is -0.0348. The standard InChI is InChI=1S/C22H17N5OS/c28-19(23-16-10-9-14-5-1-2-6-15(14)13-16)11-12-29-22-25-21-20(26-27-22)17-7-3-4-8-18(17)24-21/h1-10,13H,11-12H2,(H,23,28)(H,24,25,27). The predicted molar refractivity (Wildman–Crippen MR) is 117 cm³/mol. The average molecular weight is 399 g/mol. The van der Waals surface area contributed by atoms with E-state index in [1.807, 2.05) is 60.7 Å². The highest BCUT2D eigenvalue weighted by Gasteiger charge is 2.10. The van der Waals surface area contributed by atoms with Gasteiger partial charge < -0.3 is 10.3 Å². The lowest BCUT2D eigenvalue weighted by Gasteiger charge is -2.06. The van der Waals surface area contributed by atoms with E-state index in [1.165, 1.54) is 11.8 Å². The molecule has 3 aromatic carbocycles. The second-order valence-electron chi connectivity index (χ2n) is 6.67. The number of carbonyl (C=O) groups excluding carboxylic acids is 1. The molecule has 0 radical (unpaired) electrons. The number of H-pyrrole nitrogens is 1. The molecule has 142 valence electrons. The van der Waals surface area contributed by atoms with E-state index in [1.54, 1.807) is 0 Å². The molecule has 0 bridgehead atoms. The molecule has 5 rings (SSSR count). The van der Waals surface area contributed by atoms with Crippen molar-refractivity contribution in [1.29, 1.82) is 0 Å². The molecule has 0 saturated heterocycles. The summed E-state index contributed by atoms with van der Waals surface area (Å²) in [7, 11) is 0. The summed E-state index contributed by atoms with van der Waals surface area (Å²) in [5, 5.41) is 15.3. The van der Waals surface area contributed by atoms with Gasteiger partial charge in [0, 0.05) is 28.8 Å². The Morgan fingerprint density at radius 2 is 1.79 bits per heavy atom. The van der Waals surface area contributed by atoms with Gasteiger partial charge in [0.15, 0.2) is 5.65 Å². The van der Waals surface area contributed by atoms with Crippen molar-refractivity contribution >= 4 is 56.2 Å². The van der Waals surface area contributed by atoms with Crippen molar-refractivity contribution in [2.75, 3.05) is 11.1 Å². The molecule has 0 spiro atoms. The third kappa shape index (κ3) is 3.64. The molecule has 2 aromatic heterocycles. The number of hydrogen-bond acceptors (Lipinski definition) is 5. The number of aromatic amines is 1. The number of fused-ring (bicyclic) bond motifs is 4. The van der Waals surface area contributed by atoms with E-state index in [4.69, 9.17) is 0 Å². The Bertz CT molecular complexity index is 1350. The average Bonchev–Trinajstić information content (AvgIpc) is 3.11. The number of aromatic nitrogens is 4. The maximum absolute atomic E-state index is 12.3. The number of thioether (sulfide) groups is 1. The van der Waals surface area contributed by atoms with E-state index >= 15 is 0 Å². The van der Waals surface area contributed by atoms with Crippen molar-refractivity contribution in [1.82, 2.24) is 20.2 Å². The summed E-state index contributed by atoms with van der Waals surface area (Å²) in [6.07, 6.45) is 0.367. The number of benzene rings is 3. The summed E-state index contributed by atoms with van der Waals surface area (Å²) in [4.78, 5) is 20.1.